The lowest BCUT2D eigenvalue weighted by Gasteiger charge is -2.24. The van der Waals surface area contributed by atoms with Gasteiger partial charge in [0, 0.05) is 6.61 Å². The van der Waals surface area contributed by atoms with Gasteiger partial charge in [0.25, 0.3) is 0 Å². The van der Waals surface area contributed by atoms with E-state index in [9.17, 15) is 0 Å². The highest BCUT2D eigenvalue weighted by Gasteiger charge is 2.33. The second-order valence-corrected chi connectivity index (χ2v) is 7.61. The average molecular weight is 428 g/mol. The zero-order valence-electron chi connectivity index (χ0n) is 14.8. The molecule has 0 bridgehead atoms. The van der Waals surface area contributed by atoms with Crippen molar-refractivity contribution in [1.29, 1.82) is 0 Å². The molecule has 2 fully saturated rings. The fraction of sp³-hybridized carbons (Fsp3) is 0.688. The Balaban J connectivity index is 1.58. The van der Waals surface area contributed by atoms with Crippen LogP contribution in [0.4, 0.5) is 5.82 Å². The number of nitrogen functional groups attached to an aromatic ring is 1. The van der Waals surface area contributed by atoms with E-state index in [1.54, 1.807) is 0 Å². The summed E-state index contributed by atoms with van der Waals surface area (Å²) in [4.78, 5) is 13.2. The van der Waals surface area contributed by atoms with Crippen LogP contribution in [0.5, 0.6) is 6.01 Å². The molecule has 4 heterocycles. The van der Waals surface area contributed by atoms with Crippen molar-refractivity contribution in [1.82, 2.24) is 19.5 Å². The second-order valence-electron chi connectivity index (χ2n) is 6.90. The number of nitrogens with two attached hydrogens (primary N) is 1. The van der Waals surface area contributed by atoms with Crippen LogP contribution in [-0.4, -0.2) is 51.2 Å². The van der Waals surface area contributed by atoms with Gasteiger partial charge in [-0.3, -0.25) is 4.57 Å². The summed E-state index contributed by atoms with van der Waals surface area (Å²) in [6.45, 7) is 5.20. The quantitative estimate of drug-likeness (QED) is 0.740. The van der Waals surface area contributed by atoms with E-state index in [-0.39, 0.29) is 30.8 Å². The molecule has 0 radical (unpaired) electrons. The Labute approximate surface area is 159 Å². The molecule has 0 aliphatic carbocycles. The number of ether oxygens (including phenoxy) is 4. The van der Waals surface area contributed by atoms with Gasteiger partial charge in [-0.15, -0.1) is 0 Å². The normalized spacial score (nSPS) is 25.7. The molecule has 0 spiro atoms. The first-order valence-corrected chi connectivity index (χ1v) is 9.49. The van der Waals surface area contributed by atoms with E-state index in [1.165, 1.54) is 0 Å². The van der Waals surface area contributed by atoms with E-state index >= 15 is 0 Å². The van der Waals surface area contributed by atoms with Crippen molar-refractivity contribution in [3.05, 3.63) is 4.73 Å². The molecule has 0 aromatic carbocycles. The molecule has 0 amide bonds. The molecular formula is C16H22BrN5O4. The number of hydrogen-bond donors (Lipinski definition) is 1. The molecule has 2 aromatic rings. The third-order valence-corrected chi connectivity index (χ3v) is 4.97. The van der Waals surface area contributed by atoms with Crippen LogP contribution < -0.4 is 10.5 Å². The molecule has 2 N–H and O–H groups in total. The van der Waals surface area contributed by atoms with Gasteiger partial charge in [0.2, 0.25) is 0 Å². The fourth-order valence-electron chi connectivity index (χ4n) is 3.21. The first-order valence-electron chi connectivity index (χ1n) is 8.70. The van der Waals surface area contributed by atoms with Gasteiger partial charge in [0.1, 0.15) is 18.9 Å². The van der Waals surface area contributed by atoms with Gasteiger partial charge in [-0.05, 0) is 49.0 Å². The smallest absolute Gasteiger partial charge is 0.320 e. The molecule has 142 valence electrons. The first-order chi connectivity index (χ1) is 12.4. The lowest BCUT2D eigenvalue weighted by molar-refractivity contribution is -0.141. The molecule has 2 atom stereocenters. The van der Waals surface area contributed by atoms with Gasteiger partial charge in [0.05, 0.1) is 6.61 Å². The number of aromatic nitrogens is 4. The Morgan fingerprint density at radius 3 is 2.85 bits per heavy atom. The number of imidazole rings is 1. The zero-order chi connectivity index (χ0) is 18.3. The standard InChI is InChI=1S/C16H22BrN5O4/c1-16(2)25-8-9(26-16)7-24-15-20-12(18)11-13(21-15)22(14(17)19-11)10-5-3-4-6-23-10/h9-10H,3-8H2,1-2H3,(H2,18,20,21). The van der Waals surface area contributed by atoms with Gasteiger partial charge >= 0.3 is 6.01 Å². The summed E-state index contributed by atoms with van der Waals surface area (Å²) >= 11 is 3.48. The highest BCUT2D eigenvalue weighted by atomic mass is 79.9. The van der Waals surface area contributed by atoms with Crippen molar-refractivity contribution >= 4 is 32.9 Å². The largest absolute Gasteiger partial charge is 0.460 e. The third-order valence-electron chi connectivity index (χ3n) is 4.41. The lowest BCUT2D eigenvalue weighted by Crippen LogP contribution is -2.25. The van der Waals surface area contributed by atoms with Crippen molar-refractivity contribution < 1.29 is 18.9 Å². The Kier molecular flexibility index (Phi) is 4.76. The van der Waals surface area contributed by atoms with Crippen molar-refractivity contribution in [2.75, 3.05) is 25.6 Å². The van der Waals surface area contributed by atoms with Gasteiger partial charge in [-0.25, -0.2) is 4.98 Å². The van der Waals surface area contributed by atoms with E-state index in [0.717, 1.165) is 25.9 Å². The summed E-state index contributed by atoms with van der Waals surface area (Å²) in [6.07, 6.45) is 2.75. The van der Waals surface area contributed by atoms with E-state index in [4.69, 9.17) is 24.7 Å². The maximum atomic E-state index is 6.07. The Bertz CT molecular complexity index is 806. The van der Waals surface area contributed by atoms with E-state index in [2.05, 4.69) is 30.9 Å². The molecule has 9 nitrogen and oxygen atoms in total. The molecular weight excluding hydrogens is 406 g/mol. The van der Waals surface area contributed by atoms with E-state index in [1.807, 2.05) is 18.4 Å². The van der Waals surface area contributed by atoms with Crippen molar-refractivity contribution in [2.24, 2.45) is 0 Å². The monoisotopic (exact) mass is 427 g/mol. The summed E-state index contributed by atoms with van der Waals surface area (Å²) in [5.41, 5.74) is 7.19. The van der Waals surface area contributed by atoms with Crippen molar-refractivity contribution in [2.45, 2.75) is 51.2 Å². The number of anilines is 1. The van der Waals surface area contributed by atoms with Gasteiger partial charge in [-0.2, -0.15) is 9.97 Å². The van der Waals surface area contributed by atoms with E-state index in [0.29, 0.717) is 22.5 Å². The molecule has 4 rings (SSSR count). The van der Waals surface area contributed by atoms with Crippen LogP contribution in [0.1, 0.15) is 39.3 Å². The molecule has 2 unspecified atom stereocenters. The third kappa shape index (κ3) is 3.51. The second kappa shape index (κ2) is 6.91. The highest BCUT2D eigenvalue weighted by Crippen LogP contribution is 2.32. The van der Waals surface area contributed by atoms with Crippen molar-refractivity contribution in [3.63, 3.8) is 0 Å². The van der Waals surface area contributed by atoms with Crippen LogP contribution in [0.2, 0.25) is 0 Å². The minimum absolute atomic E-state index is 0.127. The summed E-state index contributed by atoms with van der Waals surface area (Å²) in [6, 6.07) is 0.188. The molecule has 26 heavy (non-hydrogen) atoms. The Morgan fingerprint density at radius 1 is 1.31 bits per heavy atom. The fourth-order valence-corrected chi connectivity index (χ4v) is 3.78. The predicted molar refractivity (Wildman–Crippen MR) is 96.7 cm³/mol. The van der Waals surface area contributed by atoms with Gasteiger partial charge in [0.15, 0.2) is 27.5 Å². The number of fused-ring (bicyclic) bond motifs is 1. The molecule has 2 aromatic heterocycles. The first kappa shape index (κ1) is 17.9. The summed E-state index contributed by atoms with van der Waals surface area (Å²) in [7, 11) is 0. The summed E-state index contributed by atoms with van der Waals surface area (Å²) < 4.78 is 25.4. The Hall–Kier alpha value is -1.49. The SMILES string of the molecule is CC1(C)OCC(COc2nc(N)c3nc(Br)n(C4CCCCO4)c3n2)O1. The topological polar surface area (TPSA) is 107 Å². The number of rotatable bonds is 4. The molecule has 2 aliphatic heterocycles. The number of nitrogens with zero attached hydrogens (tertiary/aromatic N) is 4. The van der Waals surface area contributed by atoms with Crippen LogP contribution in [0.25, 0.3) is 11.2 Å². The van der Waals surface area contributed by atoms with Crippen LogP contribution >= 0.6 is 15.9 Å². The number of halogens is 1. The van der Waals surface area contributed by atoms with Crippen molar-refractivity contribution in [3.8, 4) is 6.01 Å². The molecule has 10 heteroatoms. The molecule has 2 aliphatic rings. The minimum Gasteiger partial charge on any atom is -0.460 e. The molecule has 2 saturated heterocycles. The number of hydrogen-bond acceptors (Lipinski definition) is 8. The lowest BCUT2D eigenvalue weighted by atomic mass is 10.2. The van der Waals surface area contributed by atoms with Crippen LogP contribution in [0.3, 0.4) is 0 Å². The zero-order valence-corrected chi connectivity index (χ0v) is 16.4. The average Bonchev–Trinajstić information content (AvgIpc) is 3.13. The maximum Gasteiger partial charge on any atom is 0.320 e. The highest BCUT2D eigenvalue weighted by molar-refractivity contribution is 9.10. The van der Waals surface area contributed by atoms with Gasteiger partial charge < -0.3 is 24.7 Å². The predicted octanol–water partition coefficient (Wildman–Crippen LogP) is 2.40. The van der Waals surface area contributed by atoms with Gasteiger partial charge in [-0.1, -0.05) is 0 Å². The summed E-state index contributed by atoms with van der Waals surface area (Å²) in [5, 5.41) is 0. The van der Waals surface area contributed by atoms with Crippen LogP contribution in [-0.2, 0) is 14.2 Å². The Morgan fingerprint density at radius 2 is 2.15 bits per heavy atom. The minimum atomic E-state index is -0.598. The maximum absolute atomic E-state index is 6.07. The molecule has 0 saturated carbocycles. The van der Waals surface area contributed by atoms with Crippen LogP contribution in [0, 0.1) is 0 Å². The van der Waals surface area contributed by atoms with Crippen LogP contribution in [0.15, 0.2) is 4.73 Å². The van der Waals surface area contributed by atoms with E-state index < -0.39 is 5.79 Å². The summed E-state index contributed by atoms with van der Waals surface area (Å²) in [5.74, 6) is -0.330.